The fourth-order valence-corrected chi connectivity index (χ4v) is 5.55. The van der Waals surface area contributed by atoms with E-state index in [4.69, 9.17) is 0 Å². The van der Waals surface area contributed by atoms with E-state index in [0.29, 0.717) is 12.3 Å². The minimum atomic E-state index is -1.32. The summed E-state index contributed by atoms with van der Waals surface area (Å²) in [5.74, 6) is -1.43. The molecule has 0 saturated carbocycles. The summed E-state index contributed by atoms with van der Waals surface area (Å²) in [6.45, 7) is 9.53. The van der Waals surface area contributed by atoms with E-state index in [1.165, 1.54) is 16.7 Å². The van der Waals surface area contributed by atoms with Gasteiger partial charge in [-0.05, 0) is 26.3 Å². The smallest absolute Gasteiger partial charge is 0.253 e. The van der Waals surface area contributed by atoms with Gasteiger partial charge in [0.2, 0.25) is 5.91 Å². The minimum Gasteiger partial charge on any atom is -0.543 e. The molecule has 0 aromatic heterocycles. The minimum absolute atomic E-state index is 0.00448. The lowest BCUT2D eigenvalue weighted by Gasteiger charge is -2.51. The van der Waals surface area contributed by atoms with Crippen LogP contribution in [0.15, 0.2) is 41.6 Å². The number of hydrogen-bond donors (Lipinski definition) is 1. The SMILES string of the molecule is CC[N+](CC)(CC)CC1=C(C(=O)[O-])N2C(=O)[C@@H](NC(=O)Cc3ccccc3)[C@@H]2SC1. The van der Waals surface area contributed by atoms with E-state index in [-0.39, 0.29) is 23.9 Å². The number of likely N-dealkylation sites (N-methyl/N-ethyl adjacent to an activating group) is 1. The molecule has 1 saturated heterocycles. The number of thioether (sulfide) groups is 1. The number of hydrogen-bond acceptors (Lipinski definition) is 5. The van der Waals surface area contributed by atoms with Gasteiger partial charge in [0.15, 0.2) is 0 Å². The van der Waals surface area contributed by atoms with Crippen molar-refractivity contribution in [1.29, 1.82) is 0 Å². The molecular formula is C22H29N3O4S. The zero-order chi connectivity index (χ0) is 21.9. The Bertz CT molecular complexity index is 843. The standard InChI is InChI=1S/C22H29N3O4S/c1-4-25(5-2,6-3)13-16-14-30-21-18(20(27)24(21)19(16)22(28)29)23-17(26)12-15-10-8-7-9-11-15/h7-11,18,21H,4-6,12-14H2,1-3H3,(H-,23,26,28,29)/t18-,21+/m1/s1. The molecule has 0 radical (unpaired) electrons. The van der Waals surface area contributed by atoms with Crippen molar-refractivity contribution in [3.8, 4) is 0 Å². The quantitative estimate of drug-likeness (QED) is 0.455. The molecule has 2 atom stereocenters. The monoisotopic (exact) mass is 431 g/mol. The number of amides is 2. The van der Waals surface area contributed by atoms with Crippen molar-refractivity contribution >= 4 is 29.5 Å². The summed E-state index contributed by atoms with van der Waals surface area (Å²) in [6, 6.07) is 8.59. The van der Waals surface area contributed by atoms with E-state index in [1.54, 1.807) is 0 Å². The lowest BCUT2D eigenvalue weighted by atomic mass is 10.0. The van der Waals surface area contributed by atoms with E-state index in [0.717, 1.165) is 35.3 Å². The van der Waals surface area contributed by atoms with Gasteiger partial charge in [-0.3, -0.25) is 14.5 Å². The number of carbonyl (C=O) groups is 3. The molecular weight excluding hydrogens is 402 g/mol. The summed E-state index contributed by atoms with van der Waals surface area (Å²) in [4.78, 5) is 38.4. The highest BCUT2D eigenvalue weighted by atomic mass is 32.2. The Kier molecular flexibility index (Phi) is 6.88. The van der Waals surface area contributed by atoms with Gasteiger partial charge in [-0.15, -0.1) is 11.8 Å². The van der Waals surface area contributed by atoms with Crippen LogP contribution in [0.5, 0.6) is 0 Å². The number of carboxylic acid groups (broad SMARTS) is 1. The summed E-state index contributed by atoms with van der Waals surface area (Å²) < 4.78 is 0.761. The van der Waals surface area contributed by atoms with Crippen LogP contribution in [-0.4, -0.2) is 70.5 Å². The highest BCUT2D eigenvalue weighted by Crippen LogP contribution is 2.40. The number of quaternary nitrogens is 1. The van der Waals surface area contributed by atoms with Crippen molar-refractivity contribution in [2.75, 3.05) is 31.9 Å². The van der Waals surface area contributed by atoms with Gasteiger partial charge in [0.1, 0.15) is 18.0 Å². The van der Waals surface area contributed by atoms with E-state index in [9.17, 15) is 19.5 Å². The maximum atomic E-state index is 12.8. The lowest BCUT2D eigenvalue weighted by Crippen LogP contribution is -2.71. The topological polar surface area (TPSA) is 89.5 Å². The fourth-order valence-electron chi connectivity index (χ4n) is 4.21. The first-order valence-electron chi connectivity index (χ1n) is 10.4. The molecule has 7 nitrogen and oxygen atoms in total. The van der Waals surface area contributed by atoms with Gasteiger partial charge in [-0.2, -0.15) is 0 Å². The third kappa shape index (κ3) is 4.25. The Hall–Kier alpha value is -2.32. The van der Waals surface area contributed by atoms with Crippen molar-refractivity contribution in [2.24, 2.45) is 0 Å². The van der Waals surface area contributed by atoms with Crippen LogP contribution >= 0.6 is 11.8 Å². The number of fused-ring (bicyclic) bond motifs is 1. The van der Waals surface area contributed by atoms with Gasteiger partial charge in [-0.25, -0.2) is 0 Å². The molecule has 3 rings (SSSR count). The third-order valence-corrected chi connectivity index (χ3v) is 7.64. The summed E-state index contributed by atoms with van der Waals surface area (Å²) >= 11 is 1.51. The maximum absolute atomic E-state index is 12.8. The third-order valence-electron chi connectivity index (χ3n) is 6.30. The number of rotatable bonds is 9. The Morgan fingerprint density at radius 1 is 1.17 bits per heavy atom. The van der Waals surface area contributed by atoms with Gasteiger partial charge < -0.3 is 19.7 Å². The number of benzene rings is 1. The van der Waals surface area contributed by atoms with Crippen LogP contribution in [0.4, 0.5) is 0 Å². The van der Waals surface area contributed by atoms with Gasteiger partial charge in [0, 0.05) is 11.3 Å². The lowest BCUT2D eigenvalue weighted by molar-refractivity contribution is -0.918. The molecule has 1 aromatic rings. The van der Waals surface area contributed by atoms with Crippen molar-refractivity contribution in [3.63, 3.8) is 0 Å². The van der Waals surface area contributed by atoms with Crippen LogP contribution in [0.2, 0.25) is 0 Å². The van der Waals surface area contributed by atoms with Crippen molar-refractivity contribution in [2.45, 2.75) is 38.6 Å². The normalized spacial score (nSPS) is 21.2. The van der Waals surface area contributed by atoms with E-state index >= 15 is 0 Å². The summed E-state index contributed by atoms with van der Waals surface area (Å²) in [7, 11) is 0. The van der Waals surface area contributed by atoms with Crippen molar-refractivity contribution in [1.82, 2.24) is 10.2 Å². The molecule has 0 bridgehead atoms. The molecule has 0 unspecified atom stereocenters. The average Bonchev–Trinajstić information content (AvgIpc) is 2.76. The predicted octanol–water partition coefficient (Wildman–Crippen LogP) is 0.510. The number of carbonyl (C=O) groups excluding carboxylic acids is 3. The molecule has 0 spiro atoms. The summed E-state index contributed by atoms with van der Waals surface area (Å²) in [5, 5.41) is 14.3. The highest BCUT2D eigenvalue weighted by Gasteiger charge is 2.53. The zero-order valence-corrected chi connectivity index (χ0v) is 18.5. The number of nitrogens with zero attached hydrogens (tertiary/aromatic N) is 2. The maximum Gasteiger partial charge on any atom is 0.253 e. The Labute approximate surface area is 181 Å². The molecule has 1 fully saturated rings. The molecule has 1 aromatic carbocycles. The molecule has 0 aliphatic carbocycles. The second-order valence-electron chi connectivity index (χ2n) is 7.81. The average molecular weight is 432 g/mol. The van der Waals surface area contributed by atoms with Crippen LogP contribution in [0.1, 0.15) is 26.3 Å². The Morgan fingerprint density at radius 2 is 1.80 bits per heavy atom. The van der Waals surface area contributed by atoms with Crippen molar-refractivity contribution < 1.29 is 24.0 Å². The van der Waals surface area contributed by atoms with E-state index < -0.39 is 17.4 Å². The molecule has 162 valence electrons. The van der Waals surface area contributed by atoms with Gasteiger partial charge >= 0.3 is 0 Å². The molecule has 8 heteroatoms. The van der Waals surface area contributed by atoms with Crippen LogP contribution in [-0.2, 0) is 20.8 Å². The second-order valence-corrected chi connectivity index (χ2v) is 8.91. The zero-order valence-electron chi connectivity index (χ0n) is 17.7. The molecule has 2 aliphatic rings. The van der Waals surface area contributed by atoms with E-state index in [1.807, 2.05) is 30.3 Å². The summed E-state index contributed by atoms with van der Waals surface area (Å²) in [6.07, 6.45) is 0.180. The fraction of sp³-hybridized carbons (Fsp3) is 0.500. The molecule has 2 amide bonds. The molecule has 1 N–H and O–H groups in total. The van der Waals surface area contributed by atoms with Gasteiger partial charge in [0.25, 0.3) is 5.91 Å². The highest BCUT2D eigenvalue weighted by molar-refractivity contribution is 8.00. The van der Waals surface area contributed by atoms with Gasteiger partial charge in [0.05, 0.1) is 37.7 Å². The first-order valence-corrected chi connectivity index (χ1v) is 11.5. The molecule has 2 heterocycles. The van der Waals surface area contributed by atoms with Crippen molar-refractivity contribution in [3.05, 3.63) is 47.2 Å². The largest absolute Gasteiger partial charge is 0.543 e. The molecule has 30 heavy (non-hydrogen) atoms. The Balaban J connectivity index is 1.75. The molecule has 2 aliphatic heterocycles. The van der Waals surface area contributed by atoms with Crippen LogP contribution in [0, 0.1) is 0 Å². The van der Waals surface area contributed by atoms with Crippen LogP contribution in [0.3, 0.4) is 0 Å². The van der Waals surface area contributed by atoms with Crippen LogP contribution < -0.4 is 10.4 Å². The predicted molar refractivity (Wildman–Crippen MR) is 114 cm³/mol. The summed E-state index contributed by atoms with van der Waals surface area (Å²) in [5.41, 5.74) is 1.60. The first kappa shape index (κ1) is 22.4. The van der Waals surface area contributed by atoms with Gasteiger partial charge in [-0.1, -0.05) is 30.3 Å². The number of β-lactam (4-membered cyclic amide) rings is 1. The number of carboxylic acids is 1. The second kappa shape index (κ2) is 9.22. The number of nitrogens with one attached hydrogen (secondary N) is 1. The Morgan fingerprint density at radius 3 is 2.37 bits per heavy atom. The van der Waals surface area contributed by atoms with Crippen LogP contribution in [0.25, 0.3) is 0 Å². The van der Waals surface area contributed by atoms with E-state index in [2.05, 4.69) is 26.1 Å². The first-order chi connectivity index (χ1) is 14.4. The number of aliphatic carboxylic acids is 1.